The first kappa shape index (κ1) is 28.7. The van der Waals surface area contributed by atoms with Crippen LogP contribution < -0.4 is 4.74 Å². The van der Waals surface area contributed by atoms with E-state index >= 15 is 4.39 Å². The molecule has 1 amide bonds. The molecular formula is C31H30F2N6O3S. The van der Waals surface area contributed by atoms with Crippen LogP contribution in [0.15, 0.2) is 54.7 Å². The molecule has 0 radical (unpaired) electrons. The molecule has 1 atom stereocenters. The third-order valence-electron chi connectivity index (χ3n) is 7.52. The van der Waals surface area contributed by atoms with Crippen LogP contribution in [-0.2, 0) is 29.2 Å². The lowest BCUT2D eigenvalue weighted by molar-refractivity contribution is -0.129. The van der Waals surface area contributed by atoms with E-state index in [1.807, 2.05) is 46.9 Å². The molecule has 4 aromatic heterocycles. The molecule has 1 aromatic carbocycles. The van der Waals surface area contributed by atoms with E-state index in [2.05, 4.69) is 11.7 Å². The number of aryl methyl sites for hydroxylation is 1. The minimum Gasteiger partial charge on any atom is -0.490 e. The van der Waals surface area contributed by atoms with Gasteiger partial charge in [0.05, 0.1) is 42.8 Å². The number of methoxy groups -OCH3 is 1. The molecule has 0 N–H and O–H groups in total. The van der Waals surface area contributed by atoms with E-state index in [1.54, 1.807) is 11.1 Å². The van der Waals surface area contributed by atoms with E-state index in [9.17, 15) is 9.18 Å². The zero-order valence-electron chi connectivity index (χ0n) is 24.0. The molecule has 0 saturated carbocycles. The number of nitrogens with zero attached hydrogens (tertiary/aromatic N) is 6. The number of carbonyl (C=O) groups excluding carboxylic acids is 1. The Bertz CT molecular complexity index is 1840. The fraction of sp³-hybridized carbons (Fsp3) is 0.290. The van der Waals surface area contributed by atoms with Gasteiger partial charge in [0.2, 0.25) is 5.91 Å². The predicted octanol–water partition coefficient (Wildman–Crippen LogP) is 5.93. The standard InChI is InChI=1S/C31H30F2N6O3S/c1-5-26(40)38-17-21-13-24(36-39(21)15-18(38)3)30-28(27-23(33)11-20(32)12-25(27)42-9-8-41-4)31-22(7-10-43-31)29(35-30)19-14-34-37(6-2)16-19/h5,7,10-14,16,18H,1,6,8-9,15,17H2,2-4H3. The van der Waals surface area contributed by atoms with Crippen molar-refractivity contribution in [3.05, 3.63) is 72.0 Å². The molecule has 6 rings (SSSR count). The van der Waals surface area contributed by atoms with E-state index in [4.69, 9.17) is 19.6 Å². The normalized spacial score (nSPS) is 14.7. The first-order valence-electron chi connectivity index (χ1n) is 13.9. The molecular weight excluding hydrogens is 574 g/mol. The quantitative estimate of drug-likeness (QED) is 0.153. The Kier molecular flexibility index (Phi) is 7.80. The Morgan fingerprint density at radius 2 is 2.05 bits per heavy atom. The number of aromatic nitrogens is 5. The summed E-state index contributed by atoms with van der Waals surface area (Å²) in [6, 6.07) is 5.72. The van der Waals surface area contributed by atoms with Crippen LogP contribution >= 0.6 is 11.3 Å². The highest BCUT2D eigenvalue weighted by atomic mass is 32.1. The highest BCUT2D eigenvalue weighted by Crippen LogP contribution is 2.47. The molecule has 43 heavy (non-hydrogen) atoms. The molecule has 0 saturated heterocycles. The van der Waals surface area contributed by atoms with Crippen molar-refractivity contribution in [2.24, 2.45) is 0 Å². The molecule has 1 aliphatic heterocycles. The summed E-state index contributed by atoms with van der Waals surface area (Å²) in [7, 11) is 1.53. The van der Waals surface area contributed by atoms with Gasteiger partial charge < -0.3 is 14.4 Å². The van der Waals surface area contributed by atoms with Crippen LogP contribution in [0.25, 0.3) is 43.9 Å². The SMILES string of the molecule is C=CC(=O)N1Cc2cc(-c3nc(-c4cnn(CC)c4)c4ccsc4c3-c3c(F)cc(F)cc3OCCOC)nn2CC1C. The minimum atomic E-state index is -0.780. The van der Waals surface area contributed by atoms with Gasteiger partial charge in [0.1, 0.15) is 35.4 Å². The summed E-state index contributed by atoms with van der Waals surface area (Å²) in [4.78, 5) is 19.4. The van der Waals surface area contributed by atoms with E-state index in [0.29, 0.717) is 42.3 Å². The second kappa shape index (κ2) is 11.7. The average Bonchev–Trinajstić information content (AvgIpc) is 3.75. The largest absolute Gasteiger partial charge is 0.490 e. The van der Waals surface area contributed by atoms with Gasteiger partial charge in [-0.25, -0.2) is 13.8 Å². The molecule has 5 aromatic rings. The van der Waals surface area contributed by atoms with Crippen molar-refractivity contribution in [3.8, 4) is 39.5 Å². The van der Waals surface area contributed by atoms with E-state index in [0.717, 1.165) is 27.4 Å². The Hall–Kier alpha value is -4.42. The number of thiophene rings is 1. The zero-order valence-corrected chi connectivity index (χ0v) is 24.8. The van der Waals surface area contributed by atoms with Gasteiger partial charge in [0.25, 0.3) is 0 Å². The third kappa shape index (κ3) is 5.21. The summed E-state index contributed by atoms with van der Waals surface area (Å²) in [5.74, 6) is -1.66. The smallest absolute Gasteiger partial charge is 0.246 e. The molecule has 9 nitrogen and oxygen atoms in total. The van der Waals surface area contributed by atoms with Crippen molar-refractivity contribution in [3.63, 3.8) is 0 Å². The van der Waals surface area contributed by atoms with Gasteiger partial charge in [0.15, 0.2) is 0 Å². The van der Waals surface area contributed by atoms with Crippen LogP contribution in [-0.4, -0.2) is 61.7 Å². The number of rotatable bonds is 9. The molecule has 0 bridgehead atoms. The summed E-state index contributed by atoms with van der Waals surface area (Å²) in [5.41, 5.74) is 3.72. The van der Waals surface area contributed by atoms with Crippen molar-refractivity contribution in [2.45, 2.75) is 39.5 Å². The predicted molar refractivity (Wildman–Crippen MR) is 161 cm³/mol. The second-order valence-electron chi connectivity index (χ2n) is 10.3. The van der Waals surface area contributed by atoms with Gasteiger partial charge in [-0.05, 0) is 37.4 Å². The Balaban J connectivity index is 1.61. The van der Waals surface area contributed by atoms with Gasteiger partial charge in [-0.15, -0.1) is 11.3 Å². The van der Waals surface area contributed by atoms with Crippen LogP contribution in [0.1, 0.15) is 19.5 Å². The minimum absolute atomic E-state index is 0.0409. The Morgan fingerprint density at radius 1 is 1.21 bits per heavy atom. The molecule has 0 fully saturated rings. The fourth-order valence-electron chi connectivity index (χ4n) is 5.41. The van der Waals surface area contributed by atoms with Gasteiger partial charge in [0, 0.05) is 59.2 Å². The fourth-order valence-corrected chi connectivity index (χ4v) is 6.36. The zero-order chi connectivity index (χ0) is 30.2. The van der Waals surface area contributed by atoms with Crippen molar-refractivity contribution in [2.75, 3.05) is 20.3 Å². The van der Waals surface area contributed by atoms with Crippen molar-refractivity contribution in [1.29, 1.82) is 0 Å². The van der Waals surface area contributed by atoms with Crippen molar-refractivity contribution < 1.29 is 23.0 Å². The van der Waals surface area contributed by atoms with Crippen LogP contribution in [0.2, 0.25) is 0 Å². The van der Waals surface area contributed by atoms with E-state index < -0.39 is 11.6 Å². The summed E-state index contributed by atoms with van der Waals surface area (Å²) >= 11 is 1.43. The molecule has 5 heterocycles. The van der Waals surface area contributed by atoms with E-state index in [1.165, 1.54) is 30.6 Å². The number of benzene rings is 1. The molecule has 12 heteroatoms. The summed E-state index contributed by atoms with van der Waals surface area (Å²) < 4.78 is 45.8. The second-order valence-corrected chi connectivity index (χ2v) is 11.2. The van der Waals surface area contributed by atoms with Crippen molar-refractivity contribution in [1.82, 2.24) is 29.4 Å². The number of fused-ring (bicyclic) bond motifs is 2. The molecule has 0 aliphatic carbocycles. The maximum atomic E-state index is 15.9. The first-order valence-corrected chi connectivity index (χ1v) is 14.8. The molecule has 1 unspecified atom stereocenters. The molecule has 1 aliphatic rings. The van der Waals surface area contributed by atoms with Crippen LogP contribution in [0.3, 0.4) is 0 Å². The monoisotopic (exact) mass is 604 g/mol. The summed E-state index contributed by atoms with van der Waals surface area (Å²) in [6.07, 6.45) is 4.97. The number of hydrogen-bond acceptors (Lipinski definition) is 7. The van der Waals surface area contributed by atoms with Gasteiger partial charge in [-0.1, -0.05) is 6.58 Å². The maximum absolute atomic E-state index is 15.9. The number of amides is 1. The summed E-state index contributed by atoms with van der Waals surface area (Å²) in [6.45, 7) is 9.41. The number of carbonyl (C=O) groups is 1. The highest BCUT2D eigenvalue weighted by Gasteiger charge is 2.30. The molecule has 0 spiro atoms. The van der Waals surface area contributed by atoms with Crippen LogP contribution in [0, 0.1) is 11.6 Å². The third-order valence-corrected chi connectivity index (χ3v) is 8.45. The molecule has 222 valence electrons. The van der Waals surface area contributed by atoms with Crippen LogP contribution in [0.5, 0.6) is 5.75 Å². The number of hydrogen-bond donors (Lipinski definition) is 0. The van der Waals surface area contributed by atoms with Crippen LogP contribution in [0.4, 0.5) is 8.78 Å². The first-order chi connectivity index (χ1) is 20.8. The number of pyridine rings is 1. The lowest BCUT2D eigenvalue weighted by Crippen LogP contribution is -2.44. The number of ether oxygens (including phenoxy) is 2. The van der Waals surface area contributed by atoms with Gasteiger partial charge >= 0.3 is 0 Å². The Morgan fingerprint density at radius 3 is 2.79 bits per heavy atom. The van der Waals surface area contributed by atoms with Crippen molar-refractivity contribution >= 4 is 27.3 Å². The lowest BCUT2D eigenvalue weighted by atomic mass is 9.97. The lowest BCUT2D eigenvalue weighted by Gasteiger charge is -2.33. The van der Waals surface area contributed by atoms with Gasteiger partial charge in [-0.3, -0.25) is 14.2 Å². The maximum Gasteiger partial charge on any atom is 0.246 e. The average molecular weight is 605 g/mol. The van der Waals surface area contributed by atoms with E-state index in [-0.39, 0.29) is 36.5 Å². The number of halogens is 2. The van der Waals surface area contributed by atoms with Gasteiger partial charge in [-0.2, -0.15) is 10.2 Å². The summed E-state index contributed by atoms with van der Waals surface area (Å²) in [5, 5.41) is 12.0. The topological polar surface area (TPSA) is 87.3 Å². The highest BCUT2D eigenvalue weighted by molar-refractivity contribution is 7.18. The Labute approximate surface area is 251 Å².